The molecule has 13 heteroatoms. The van der Waals surface area contributed by atoms with Crippen molar-refractivity contribution in [3.63, 3.8) is 0 Å². The number of ketones is 1. The van der Waals surface area contributed by atoms with Crippen molar-refractivity contribution in [2.45, 2.75) is 57.0 Å². The van der Waals surface area contributed by atoms with Crippen molar-refractivity contribution in [1.82, 2.24) is 9.71 Å². The summed E-state index contributed by atoms with van der Waals surface area (Å²) in [6.07, 6.45) is 5.81. The van der Waals surface area contributed by atoms with Gasteiger partial charge < -0.3 is 27.0 Å². The lowest BCUT2D eigenvalue weighted by Crippen LogP contribution is -2.41. The molecule has 1 aliphatic rings. The van der Waals surface area contributed by atoms with Crippen LogP contribution in [0.15, 0.2) is 22.1 Å². The van der Waals surface area contributed by atoms with Crippen molar-refractivity contribution in [2.75, 3.05) is 11.3 Å². The van der Waals surface area contributed by atoms with Crippen molar-refractivity contribution in [3.8, 4) is 0 Å². The Hall–Kier alpha value is -2.77. The highest BCUT2D eigenvalue weighted by atomic mass is 32.2. The summed E-state index contributed by atoms with van der Waals surface area (Å²) in [5.41, 5.74) is 15.6. The highest BCUT2D eigenvalue weighted by Gasteiger charge is 2.28. The van der Waals surface area contributed by atoms with Crippen molar-refractivity contribution in [1.29, 1.82) is 0 Å². The van der Waals surface area contributed by atoms with Crippen LogP contribution in [0, 0.1) is 5.92 Å². The fourth-order valence-corrected chi connectivity index (χ4v) is 4.91. The van der Waals surface area contributed by atoms with Gasteiger partial charge in [-0.1, -0.05) is 19.3 Å². The quantitative estimate of drug-likeness (QED) is 0.125. The number of guanidine groups is 1. The number of hydrogen-bond donors (Lipinski definition) is 6. The largest absolute Gasteiger partial charge is 0.370 e. The van der Waals surface area contributed by atoms with Crippen LogP contribution in [0.5, 0.6) is 0 Å². The number of aromatic amines is 1. The third kappa shape index (κ3) is 7.73. The first-order valence-electron chi connectivity index (χ1n) is 10.4. The number of anilines is 1. The van der Waals surface area contributed by atoms with E-state index in [1.54, 1.807) is 0 Å². The topological polar surface area (TPSA) is 216 Å². The van der Waals surface area contributed by atoms with Crippen molar-refractivity contribution in [3.05, 3.63) is 28.2 Å². The molecular formula is C19H31N7O5S. The number of nitrogens with zero attached hydrogens (tertiary/aromatic N) is 1. The van der Waals surface area contributed by atoms with Gasteiger partial charge in [-0.25, -0.2) is 0 Å². The monoisotopic (exact) mass is 469 g/mol. The number of aromatic nitrogens is 1. The summed E-state index contributed by atoms with van der Waals surface area (Å²) in [5.74, 6) is -1.62. The average Bonchev–Trinajstić information content (AvgIpc) is 2.73. The van der Waals surface area contributed by atoms with E-state index in [-0.39, 0.29) is 36.2 Å². The molecule has 0 aromatic carbocycles. The molecule has 32 heavy (non-hydrogen) atoms. The fourth-order valence-electron chi connectivity index (χ4n) is 3.70. The molecule has 1 aromatic rings. The predicted octanol–water partition coefficient (Wildman–Crippen LogP) is -1.13. The van der Waals surface area contributed by atoms with Gasteiger partial charge in [0.05, 0.1) is 11.7 Å². The standard InChI is InChI=1S/C19H31N7O5S/c20-15(11-27)13(6-8-24-19(21)22)17(28)10-14-16(7-9-23-18(14)29)26-32(30,31)25-12-4-2-1-3-5-12/h7,9,11-13,15,25H,1-6,8,10,20H2,(H4,21,22,24)(H2,23,26,29)/t13?,15-/m1/s1. The Morgan fingerprint density at radius 3 is 2.59 bits per heavy atom. The zero-order chi connectivity index (χ0) is 23.7. The minimum absolute atomic E-state index is 0.0203. The number of carbonyl (C=O) groups is 2. The number of nitrogens with two attached hydrogens (primary N) is 3. The minimum Gasteiger partial charge on any atom is -0.370 e. The Kier molecular flexibility index (Phi) is 9.35. The smallest absolute Gasteiger partial charge is 0.299 e. The van der Waals surface area contributed by atoms with Crippen molar-refractivity contribution in [2.24, 2.45) is 28.1 Å². The Morgan fingerprint density at radius 1 is 1.28 bits per heavy atom. The molecule has 0 bridgehead atoms. The summed E-state index contributed by atoms with van der Waals surface area (Å²) in [5, 5.41) is 0. The average molecular weight is 470 g/mol. The molecule has 0 radical (unpaired) electrons. The van der Waals surface area contributed by atoms with E-state index >= 15 is 0 Å². The summed E-state index contributed by atoms with van der Waals surface area (Å²) in [4.78, 5) is 42.7. The molecular weight excluding hydrogens is 438 g/mol. The number of Topliss-reactive ketones (excluding diaryl/α,β-unsaturated/α-hetero) is 1. The number of rotatable bonds is 12. The molecule has 0 aliphatic heterocycles. The zero-order valence-electron chi connectivity index (χ0n) is 17.7. The number of H-pyrrole nitrogens is 1. The molecule has 0 spiro atoms. The molecule has 1 unspecified atom stereocenters. The lowest BCUT2D eigenvalue weighted by molar-refractivity contribution is -0.125. The van der Waals surface area contributed by atoms with E-state index in [0.29, 0.717) is 6.29 Å². The molecule has 1 heterocycles. The van der Waals surface area contributed by atoms with Crippen LogP contribution in [0.4, 0.5) is 5.69 Å². The van der Waals surface area contributed by atoms with Crippen molar-refractivity contribution < 1.29 is 18.0 Å². The number of pyridine rings is 1. The van der Waals surface area contributed by atoms with Gasteiger partial charge in [-0.05, 0) is 25.3 Å². The molecule has 2 atom stereocenters. The minimum atomic E-state index is -3.96. The molecule has 9 N–H and O–H groups in total. The van der Waals surface area contributed by atoms with Crippen LogP contribution in [0.25, 0.3) is 0 Å². The van der Waals surface area contributed by atoms with Gasteiger partial charge in [0.2, 0.25) is 0 Å². The number of nitrogens with one attached hydrogen (secondary N) is 3. The van der Waals surface area contributed by atoms with Gasteiger partial charge in [-0.2, -0.15) is 13.1 Å². The van der Waals surface area contributed by atoms with Gasteiger partial charge in [0.1, 0.15) is 12.1 Å². The molecule has 1 aromatic heterocycles. The highest BCUT2D eigenvalue weighted by molar-refractivity contribution is 7.90. The normalized spacial score (nSPS) is 16.7. The van der Waals surface area contributed by atoms with Crippen LogP contribution in [0.3, 0.4) is 0 Å². The molecule has 0 amide bonds. The van der Waals surface area contributed by atoms with Crippen LogP contribution in [-0.2, 0) is 26.2 Å². The van der Waals surface area contributed by atoms with E-state index in [2.05, 4.69) is 19.4 Å². The fraction of sp³-hybridized carbons (Fsp3) is 0.579. The molecule has 0 saturated heterocycles. The first kappa shape index (κ1) is 25.5. The second-order valence-electron chi connectivity index (χ2n) is 7.82. The summed E-state index contributed by atoms with van der Waals surface area (Å²) >= 11 is 0. The molecule has 1 aliphatic carbocycles. The third-order valence-electron chi connectivity index (χ3n) is 5.36. The Bertz CT molecular complexity index is 982. The molecule has 2 rings (SSSR count). The summed E-state index contributed by atoms with van der Waals surface area (Å²) < 4.78 is 30.1. The van der Waals surface area contributed by atoms with Gasteiger partial charge in [-0.3, -0.25) is 19.3 Å². The van der Waals surface area contributed by atoms with Gasteiger partial charge in [0.15, 0.2) is 5.96 Å². The van der Waals surface area contributed by atoms with Crippen LogP contribution in [0.2, 0.25) is 0 Å². The first-order chi connectivity index (χ1) is 15.1. The number of carbonyl (C=O) groups excluding carboxylic acids is 2. The van der Waals surface area contributed by atoms with Crippen molar-refractivity contribution >= 4 is 33.9 Å². The van der Waals surface area contributed by atoms with Crippen LogP contribution in [-0.4, -0.2) is 50.1 Å². The summed E-state index contributed by atoms with van der Waals surface area (Å²) in [6.45, 7) is 0.0657. The van der Waals surface area contributed by atoms with E-state index in [1.165, 1.54) is 12.3 Å². The predicted molar refractivity (Wildman–Crippen MR) is 121 cm³/mol. The maximum atomic E-state index is 12.9. The second kappa shape index (κ2) is 11.7. The maximum Gasteiger partial charge on any atom is 0.299 e. The Labute approximate surface area is 186 Å². The van der Waals surface area contributed by atoms with Crippen LogP contribution >= 0.6 is 0 Å². The third-order valence-corrected chi connectivity index (χ3v) is 6.49. The number of aliphatic imine (C=N–C) groups is 1. The first-order valence-corrected chi connectivity index (χ1v) is 11.9. The van der Waals surface area contributed by atoms with Crippen LogP contribution < -0.4 is 32.2 Å². The van der Waals surface area contributed by atoms with Gasteiger partial charge in [0, 0.05) is 36.7 Å². The maximum absolute atomic E-state index is 12.9. The van der Waals surface area contributed by atoms with E-state index in [4.69, 9.17) is 17.2 Å². The summed E-state index contributed by atoms with van der Waals surface area (Å²) in [7, 11) is -3.96. The Balaban J connectivity index is 2.19. The lowest BCUT2D eigenvalue weighted by Gasteiger charge is -2.23. The van der Waals surface area contributed by atoms with Gasteiger partial charge in [-0.15, -0.1) is 0 Å². The lowest BCUT2D eigenvalue weighted by atomic mass is 9.89. The van der Waals surface area contributed by atoms with Gasteiger partial charge >= 0.3 is 0 Å². The number of aldehydes is 1. The highest BCUT2D eigenvalue weighted by Crippen LogP contribution is 2.20. The Morgan fingerprint density at radius 2 is 1.97 bits per heavy atom. The SMILES string of the molecule is NC(N)=NCCC(C(=O)Cc1c(NS(=O)(=O)NC2CCCCC2)cc[nH]c1=O)[C@H](N)C=O. The van der Waals surface area contributed by atoms with E-state index in [9.17, 15) is 22.8 Å². The molecule has 12 nitrogen and oxygen atoms in total. The molecule has 178 valence electrons. The van der Waals surface area contributed by atoms with E-state index < -0.39 is 39.9 Å². The summed E-state index contributed by atoms with van der Waals surface area (Å²) in [6, 6.07) is 0.0597. The van der Waals surface area contributed by atoms with Gasteiger partial charge in [0.25, 0.3) is 15.8 Å². The molecule has 1 fully saturated rings. The van der Waals surface area contributed by atoms with E-state index in [0.717, 1.165) is 32.1 Å². The number of hydrogen-bond acceptors (Lipinski definition) is 7. The van der Waals surface area contributed by atoms with Crippen LogP contribution in [0.1, 0.15) is 44.1 Å². The van der Waals surface area contributed by atoms with E-state index in [1.807, 2.05) is 0 Å². The second-order valence-corrected chi connectivity index (χ2v) is 9.26. The molecule has 1 saturated carbocycles. The zero-order valence-corrected chi connectivity index (χ0v) is 18.6.